The predicted octanol–water partition coefficient (Wildman–Crippen LogP) is 17.9. The van der Waals surface area contributed by atoms with E-state index in [1.165, 1.54) is 29.2 Å². The Morgan fingerprint density at radius 1 is 0.746 bits per heavy atom. The van der Waals surface area contributed by atoms with Crippen LogP contribution in [-0.2, 0) is 6.42 Å². The second-order valence-electron chi connectivity index (χ2n) is 14.4. The highest BCUT2D eigenvalue weighted by atomic mass is 15.0. The van der Waals surface area contributed by atoms with Gasteiger partial charge in [-0.25, -0.2) is 4.98 Å². The molecule has 0 aliphatic carbocycles. The summed E-state index contributed by atoms with van der Waals surface area (Å²) in [5.41, 5.74) is 14.6. The first-order valence-electron chi connectivity index (χ1n) is 22.8. The number of rotatable bonds is 13. The smallest absolute Gasteiger partial charge is 0.0715 e. The van der Waals surface area contributed by atoms with Gasteiger partial charge < -0.3 is 15.3 Å². The number of nitrogens with zero attached hydrogens (tertiary/aromatic N) is 2. The maximum Gasteiger partial charge on any atom is 0.0715 e. The number of nitrogens with one attached hydrogen (secondary N) is 2. The fourth-order valence-corrected chi connectivity index (χ4v) is 7.82. The molecule has 2 heterocycles. The molecule has 0 saturated heterocycles. The molecule has 63 heavy (non-hydrogen) atoms. The first-order chi connectivity index (χ1) is 30.9. The van der Waals surface area contributed by atoms with Gasteiger partial charge in [0.05, 0.1) is 22.4 Å². The largest absolute Gasteiger partial charge is 0.355 e. The first kappa shape index (κ1) is 48.9. The monoisotopic (exact) mass is 833 g/mol. The van der Waals surface area contributed by atoms with Gasteiger partial charge in [-0.1, -0.05) is 184 Å². The van der Waals surface area contributed by atoms with Crippen LogP contribution >= 0.6 is 0 Å². The zero-order chi connectivity index (χ0) is 45.9. The van der Waals surface area contributed by atoms with Gasteiger partial charge in [0, 0.05) is 50.6 Å². The summed E-state index contributed by atoms with van der Waals surface area (Å²) in [6.07, 6.45) is 18.9. The lowest BCUT2D eigenvalue weighted by Crippen LogP contribution is -2.00. The highest BCUT2D eigenvalue weighted by Gasteiger charge is 2.21. The Bertz CT molecular complexity index is 2760. The van der Waals surface area contributed by atoms with Gasteiger partial charge in [0.25, 0.3) is 0 Å². The second-order valence-corrected chi connectivity index (χ2v) is 14.4. The molecule has 7 aromatic rings. The third kappa shape index (κ3) is 10.8. The first-order valence-corrected chi connectivity index (χ1v) is 22.8. The van der Waals surface area contributed by atoms with E-state index in [9.17, 15) is 0 Å². The van der Waals surface area contributed by atoms with Crippen molar-refractivity contribution >= 4 is 73.1 Å². The Kier molecular flexibility index (Phi) is 19.1. The number of pyridine rings is 1. The molecule has 0 aliphatic rings. The molecule has 5 aromatic carbocycles. The molecule has 0 aliphatic heterocycles. The average Bonchev–Trinajstić information content (AvgIpc) is 3.68. The van der Waals surface area contributed by atoms with Gasteiger partial charge in [-0.05, 0) is 102 Å². The van der Waals surface area contributed by atoms with Crippen LogP contribution in [0.1, 0.15) is 110 Å². The van der Waals surface area contributed by atoms with Gasteiger partial charge in [0.15, 0.2) is 0 Å². The third-order valence-corrected chi connectivity index (χ3v) is 10.6. The number of anilines is 2. The quantitative estimate of drug-likeness (QED) is 0.0898. The molecule has 0 unspecified atom stereocenters. The average molecular weight is 833 g/mol. The van der Waals surface area contributed by atoms with Gasteiger partial charge in [-0.3, -0.25) is 0 Å². The van der Waals surface area contributed by atoms with E-state index >= 15 is 0 Å². The van der Waals surface area contributed by atoms with Gasteiger partial charge >= 0.3 is 0 Å². The molecule has 0 spiro atoms. The molecule has 0 radical (unpaired) electrons. The van der Waals surface area contributed by atoms with Crippen molar-refractivity contribution in [3.05, 3.63) is 187 Å². The molecule has 0 saturated carbocycles. The van der Waals surface area contributed by atoms with E-state index in [-0.39, 0.29) is 0 Å². The molecule has 0 amide bonds. The molecule has 2 aromatic heterocycles. The number of aromatic nitrogens is 2. The van der Waals surface area contributed by atoms with E-state index in [0.29, 0.717) is 0 Å². The Hall–Kier alpha value is -6.78. The fourth-order valence-electron chi connectivity index (χ4n) is 7.82. The van der Waals surface area contributed by atoms with Crippen molar-refractivity contribution in [3.8, 4) is 11.3 Å². The molecule has 0 atom stereocenters. The summed E-state index contributed by atoms with van der Waals surface area (Å²) in [6.45, 7) is 28.9. The molecule has 4 nitrogen and oxygen atoms in total. The van der Waals surface area contributed by atoms with E-state index in [4.69, 9.17) is 10.4 Å². The molecule has 2 N–H and O–H groups in total. The van der Waals surface area contributed by atoms with Crippen molar-refractivity contribution in [2.45, 2.75) is 88.5 Å². The number of benzene rings is 5. The normalized spacial score (nSPS) is 11.6. The molecule has 324 valence electrons. The lowest BCUT2D eigenvalue weighted by molar-refractivity contribution is 1.09. The molecular weight excluding hydrogens is 765 g/mol. The molecular formula is C59H68N4. The van der Waals surface area contributed by atoms with Crippen molar-refractivity contribution in [1.29, 1.82) is 5.41 Å². The summed E-state index contributed by atoms with van der Waals surface area (Å²) >= 11 is 0. The predicted molar refractivity (Wildman–Crippen MR) is 284 cm³/mol. The number of allylic oxidation sites excluding steroid dienone is 9. The summed E-state index contributed by atoms with van der Waals surface area (Å²) in [5.74, 6) is 0. The summed E-state index contributed by atoms with van der Waals surface area (Å²) < 4.78 is 2.39. The van der Waals surface area contributed by atoms with Crippen LogP contribution in [0.2, 0.25) is 0 Å². The number of hydrogen-bond acceptors (Lipinski definition) is 3. The Balaban J connectivity index is 0.00000118. The zero-order valence-corrected chi connectivity index (χ0v) is 39.4. The highest BCUT2D eigenvalue weighted by Crippen LogP contribution is 2.42. The van der Waals surface area contributed by atoms with E-state index < -0.39 is 0 Å². The van der Waals surface area contributed by atoms with Gasteiger partial charge in [-0.15, -0.1) is 0 Å². The van der Waals surface area contributed by atoms with Crippen molar-refractivity contribution in [2.24, 2.45) is 0 Å². The Morgan fingerprint density at radius 3 is 1.98 bits per heavy atom. The molecule has 4 heteroatoms. The number of hydrogen-bond donors (Lipinski definition) is 2. The minimum atomic E-state index is 0.804. The van der Waals surface area contributed by atoms with Crippen LogP contribution in [0.25, 0.3) is 66.8 Å². The van der Waals surface area contributed by atoms with Crippen molar-refractivity contribution < 1.29 is 0 Å². The lowest BCUT2D eigenvalue weighted by atomic mass is 9.95. The molecule has 0 bridgehead atoms. The van der Waals surface area contributed by atoms with Gasteiger partial charge in [0.1, 0.15) is 0 Å². The topological polar surface area (TPSA) is 53.7 Å². The van der Waals surface area contributed by atoms with Crippen molar-refractivity contribution in [3.63, 3.8) is 0 Å². The van der Waals surface area contributed by atoms with Crippen LogP contribution in [0.4, 0.5) is 11.4 Å². The highest BCUT2D eigenvalue weighted by molar-refractivity contribution is 6.25. The Morgan fingerprint density at radius 2 is 1.40 bits per heavy atom. The minimum absolute atomic E-state index is 0.804. The summed E-state index contributed by atoms with van der Waals surface area (Å²) in [7, 11) is 0. The maximum absolute atomic E-state index is 8.77. The molecule has 0 fully saturated rings. The minimum Gasteiger partial charge on any atom is -0.355 e. The van der Waals surface area contributed by atoms with E-state index in [0.717, 1.165) is 96.3 Å². The SMILES string of the molecule is C=C/C=C\C(=C/C)c1cc(/C(=C/C(=C\C)n2c3ccc(Nc4ccccc4)c(C=N)c3c3ccc4c(C=C)c(CC)ccc4c32)CC)cc(-c2ccccc2)n1.CC.CC.CCC. The van der Waals surface area contributed by atoms with E-state index in [1.54, 1.807) is 6.08 Å². The van der Waals surface area contributed by atoms with Crippen LogP contribution in [-0.4, -0.2) is 15.8 Å². The Labute approximate surface area is 378 Å². The summed E-state index contributed by atoms with van der Waals surface area (Å²) in [6, 6.07) is 38.2. The van der Waals surface area contributed by atoms with Gasteiger partial charge in [0.2, 0.25) is 0 Å². The van der Waals surface area contributed by atoms with Gasteiger partial charge in [-0.2, -0.15) is 0 Å². The summed E-state index contributed by atoms with van der Waals surface area (Å²) in [5, 5.41) is 16.8. The van der Waals surface area contributed by atoms with Crippen LogP contribution in [0.15, 0.2) is 159 Å². The zero-order valence-electron chi connectivity index (χ0n) is 39.4. The number of aryl methyl sites for hydroxylation is 1. The molecule has 7 rings (SSSR count). The van der Waals surface area contributed by atoms with E-state index in [2.05, 4.69) is 167 Å². The lowest BCUT2D eigenvalue weighted by Gasteiger charge is -2.16. The number of para-hydroxylation sites is 1. The van der Waals surface area contributed by atoms with Crippen LogP contribution < -0.4 is 5.32 Å². The summed E-state index contributed by atoms with van der Waals surface area (Å²) in [4.78, 5) is 5.16. The van der Waals surface area contributed by atoms with Crippen LogP contribution in [0, 0.1) is 5.41 Å². The standard InChI is InChI=1S/C52H48N4.C3H8.2C2H6/c1-7-13-20-36(9-3)48-32-39(33-49(55-48)38-21-16-14-17-22-38)37(10-4)31-41(11-5)56-50-30-29-47(54-40-23-18-15-19-24-40)46(34-53)51(50)45-28-27-43-42(12-6)35(8-2)25-26-44(43)52(45)56;1-3-2;2*1-2/h7,9,11-34,53-54H,1,6,8,10H2,2-5H3;3H2,1-2H3;2*1-2H3/b20-13-,36-9+,37-31+,41-11+,53-34?;;;. The van der Waals surface area contributed by atoms with Crippen LogP contribution in [0.3, 0.4) is 0 Å². The number of fused-ring (bicyclic) bond motifs is 5. The van der Waals surface area contributed by atoms with Crippen LogP contribution in [0.5, 0.6) is 0 Å². The maximum atomic E-state index is 8.77. The van der Waals surface area contributed by atoms with E-state index in [1.807, 2.05) is 71.0 Å². The third-order valence-electron chi connectivity index (χ3n) is 10.6. The van der Waals surface area contributed by atoms with Crippen molar-refractivity contribution in [1.82, 2.24) is 9.55 Å². The van der Waals surface area contributed by atoms with Crippen molar-refractivity contribution in [2.75, 3.05) is 5.32 Å². The second kappa shape index (κ2) is 24.6. The fraction of sp³-hybridized carbons (Fsp3) is 0.220.